The lowest BCUT2D eigenvalue weighted by Crippen LogP contribution is -2.35. The van der Waals surface area contributed by atoms with E-state index in [4.69, 9.17) is 0 Å². The molecule has 134 valence electrons. The summed E-state index contributed by atoms with van der Waals surface area (Å²) >= 11 is 0. The van der Waals surface area contributed by atoms with Gasteiger partial charge in [-0.15, -0.1) is 0 Å². The van der Waals surface area contributed by atoms with Gasteiger partial charge in [-0.1, -0.05) is 30.3 Å². The summed E-state index contributed by atoms with van der Waals surface area (Å²) in [4.78, 5) is 18.2. The fraction of sp³-hybridized carbons (Fsp3) is 0.286. The number of rotatable bonds is 4. The van der Waals surface area contributed by atoms with E-state index >= 15 is 0 Å². The van der Waals surface area contributed by atoms with E-state index in [-0.39, 0.29) is 12.5 Å². The Morgan fingerprint density at radius 3 is 2.62 bits per heavy atom. The lowest BCUT2D eigenvalue weighted by atomic mass is 9.97. The summed E-state index contributed by atoms with van der Waals surface area (Å²) in [7, 11) is 0. The van der Waals surface area contributed by atoms with Crippen LogP contribution in [0.25, 0.3) is 10.9 Å². The zero-order chi connectivity index (χ0) is 17.9. The highest BCUT2D eigenvalue weighted by molar-refractivity contribution is 6.07. The molecule has 26 heavy (non-hydrogen) atoms. The minimum absolute atomic E-state index is 0.140. The molecule has 1 aliphatic rings. The summed E-state index contributed by atoms with van der Waals surface area (Å²) in [6.45, 7) is 2.04. The van der Waals surface area contributed by atoms with Gasteiger partial charge >= 0.3 is 0 Å². The van der Waals surface area contributed by atoms with Crippen molar-refractivity contribution in [2.75, 3.05) is 29.9 Å². The van der Waals surface area contributed by atoms with Crippen LogP contribution >= 0.6 is 0 Å². The molecule has 1 amide bonds. The molecule has 0 radical (unpaired) electrons. The molecule has 0 bridgehead atoms. The number of aromatic nitrogens is 1. The number of hydrogen-bond acceptors (Lipinski definition) is 3. The van der Waals surface area contributed by atoms with Gasteiger partial charge in [-0.2, -0.15) is 0 Å². The van der Waals surface area contributed by atoms with Gasteiger partial charge in [0.25, 0.3) is 5.91 Å². The highest BCUT2D eigenvalue weighted by Crippen LogP contribution is 2.30. The van der Waals surface area contributed by atoms with E-state index in [1.165, 1.54) is 0 Å². The van der Waals surface area contributed by atoms with Crippen molar-refractivity contribution < 1.29 is 9.90 Å². The molecule has 3 aromatic rings. The summed E-state index contributed by atoms with van der Waals surface area (Å²) in [6, 6.07) is 17.6. The Morgan fingerprint density at radius 1 is 1.12 bits per heavy atom. The molecule has 5 heteroatoms. The van der Waals surface area contributed by atoms with Gasteiger partial charge in [-0.05, 0) is 43.0 Å². The number of H-pyrrole nitrogens is 1. The quantitative estimate of drug-likeness (QED) is 0.674. The number of nitrogens with one attached hydrogen (secondary N) is 2. The van der Waals surface area contributed by atoms with Gasteiger partial charge in [0.05, 0.1) is 11.4 Å². The van der Waals surface area contributed by atoms with Crippen LogP contribution in [0.1, 0.15) is 23.3 Å². The average molecular weight is 349 g/mol. The maximum Gasteiger partial charge on any atom is 0.272 e. The minimum atomic E-state index is -0.140. The first-order valence-electron chi connectivity index (χ1n) is 9.08. The largest absolute Gasteiger partial charge is 0.396 e. The van der Waals surface area contributed by atoms with Crippen LogP contribution in [0.3, 0.4) is 0 Å². The highest BCUT2D eigenvalue weighted by atomic mass is 16.3. The summed E-state index contributed by atoms with van der Waals surface area (Å²) in [5.41, 5.74) is 3.36. The Bertz CT molecular complexity index is 877. The van der Waals surface area contributed by atoms with Gasteiger partial charge in [0.1, 0.15) is 5.69 Å². The van der Waals surface area contributed by atoms with E-state index in [0.717, 1.165) is 48.2 Å². The molecule has 3 N–H and O–H groups in total. The number of anilines is 2. The van der Waals surface area contributed by atoms with Crippen LogP contribution in [-0.4, -0.2) is 35.7 Å². The third kappa shape index (κ3) is 3.30. The van der Waals surface area contributed by atoms with E-state index in [0.29, 0.717) is 11.6 Å². The molecule has 1 aliphatic heterocycles. The summed E-state index contributed by atoms with van der Waals surface area (Å²) < 4.78 is 0. The Hall–Kier alpha value is -2.79. The Balaban J connectivity index is 1.54. The molecule has 0 atom stereocenters. The summed E-state index contributed by atoms with van der Waals surface area (Å²) in [6.07, 6.45) is 1.95. The van der Waals surface area contributed by atoms with Crippen molar-refractivity contribution in [2.24, 2.45) is 5.92 Å². The zero-order valence-corrected chi connectivity index (χ0v) is 14.6. The molecular weight excluding hydrogens is 326 g/mol. The molecule has 0 saturated carbocycles. The fourth-order valence-electron chi connectivity index (χ4n) is 3.60. The fourth-order valence-corrected chi connectivity index (χ4v) is 3.60. The van der Waals surface area contributed by atoms with E-state index in [9.17, 15) is 9.90 Å². The third-order valence-corrected chi connectivity index (χ3v) is 5.14. The highest BCUT2D eigenvalue weighted by Gasteiger charge is 2.21. The first-order chi connectivity index (χ1) is 12.7. The van der Waals surface area contributed by atoms with Crippen molar-refractivity contribution in [3.05, 3.63) is 60.3 Å². The van der Waals surface area contributed by atoms with Crippen LogP contribution in [0.15, 0.2) is 54.6 Å². The number of benzene rings is 2. The molecule has 0 unspecified atom stereocenters. The van der Waals surface area contributed by atoms with Crippen molar-refractivity contribution in [3.8, 4) is 0 Å². The number of para-hydroxylation sites is 3. The standard InChI is InChI=1S/C21H23N3O2/c25-14-15-9-11-24(12-10-15)20-8-4-3-7-18(20)23-21(26)19-13-16-5-1-2-6-17(16)22-19/h1-8,13,15,22,25H,9-12,14H2,(H,23,26). The number of hydrogen-bond donors (Lipinski definition) is 3. The molecule has 2 aromatic carbocycles. The minimum Gasteiger partial charge on any atom is -0.396 e. The number of aliphatic hydroxyl groups is 1. The van der Waals surface area contributed by atoms with Crippen molar-refractivity contribution in [1.29, 1.82) is 0 Å². The van der Waals surface area contributed by atoms with Gasteiger partial charge < -0.3 is 20.3 Å². The zero-order valence-electron chi connectivity index (χ0n) is 14.6. The number of aromatic amines is 1. The maximum atomic E-state index is 12.7. The van der Waals surface area contributed by atoms with E-state index in [1.807, 2.05) is 54.6 Å². The SMILES string of the molecule is O=C(Nc1ccccc1N1CCC(CO)CC1)c1cc2ccccc2[nH]1. The summed E-state index contributed by atoms with van der Waals surface area (Å²) in [5, 5.41) is 13.4. The second kappa shape index (κ2) is 7.22. The predicted molar refractivity (Wildman–Crippen MR) is 105 cm³/mol. The second-order valence-corrected chi connectivity index (χ2v) is 6.85. The van der Waals surface area contributed by atoms with Crippen LogP contribution < -0.4 is 10.2 Å². The average Bonchev–Trinajstić information content (AvgIpc) is 3.13. The van der Waals surface area contributed by atoms with Crippen molar-refractivity contribution in [2.45, 2.75) is 12.8 Å². The Morgan fingerprint density at radius 2 is 1.85 bits per heavy atom. The molecule has 1 aromatic heterocycles. The summed E-state index contributed by atoms with van der Waals surface area (Å²) in [5.74, 6) is 0.248. The first kappa shape index (κ1) is 16.7. The first-order valence-corrected chi connectivity index (χ1v) is 9.08. The normalized spacial score (nSPS) is 15.3. The molecule has 5 nitrogen and oxygen atoms in total. The van der Waals surface area contributed by atoms with Crippen molar-refractivity contribution >= 4 is 28.2 Å². The van der Waals surface area contributed by atoms with Gasteiger partial charge in [0.2, 0.25) is 0 Å². The molecule has 1 saturated heterocycles. The number of piperidine rings is 1. The Labute approximate surface area is 152 Å². The lowest BCUT2D eigenvalue weighted by Gasteiger charge is -2.34. The van der Waals surface area contributed by atoms with E-state index < -0.39 is 0 Å². The molecular formula is C21H23N3O2. The number of carbonyl (C=O) groups excluding carboxylic acids is 1. The smallest absolute Gasteiger partial charge is 0.272 e. The van der Waals surface area contributed by atoms with Crippen LogP contribution in [0, 0.1) is 5.92 Å². The number of carbonyl (C=O) groups is 1. The van der Waals surface area contributed by atoms with Gasteiger partial charge in [-0.3, -0.25) is 4.79 Å². The van der Waals surface area contributed by atoms with Crippen molar-refractivity contribution in [1.82, 2.24) is 4.98 Å². The van der Waals surface area contributed by atoms with E-state index in [1.54, 1.807) is 0 Å². The predicted octanol–water partition coefficient (Wildman–Crippen LogP) is 3.63. The van der Waals surface area contributed by atoms with Crippen LogP contribution in [0.2, 0.25) is 0 Å². The van der Waals surface area contributed by atoms with Gasteiger partial charge in [0, 0.05) is 30.6 Å². The van der Waals surface area contributed by atoms with E-state index in [2.05, 4.69) is 15.2 Å². The number of fused-ring (bicyclic) bond motifs is 1. The molecule has 4 rings (SSSR count). The topological polar surface area (TPSA) is 68.4 Å². The molecule has 0 spiro atoms. The number of aliphatic hydroxyl groups excluding tert-OH is 1. The van der Waals surface area contributed by atoms with Crippen molar-refractivity contribution in [3.63, 3.8) is 0 Å². The van der Waals surface area contributed by atoms with Crippen LogP contribution in [-0.2, 0) is 0 Å². The number of nitrogens with zero attached hydrogens (tertiary/aromatic N) is 1. The van der Waals surface area contributed by atoms with Gasteiger partial charge in [0.15, 0.2) is 0 Å². The number of amides is 1. The van der Waals surface area contributed by atoms with Crippen LogP contribution in [0.5, 0.6) is 0 Å². The lowest BCUT2D eigenvalue weighted by molar-refractivity contribution is 0.102. The van der Waals surface area contributed by atoms with Gasteiger partial charge in [-0.25, -0.2) is 0 Å². The third-order valence-electron chi connectivity index (χ3n) is 5.14. The maximum absolute atomic E-state index is 12.7. The second-order valence-electron chi connectivity index (χ2n) is 6.85. The molecule has 0 aliphatic carbocycles. The Kier molecular flexibility index (Phi) is 4.63. The molecule has 2 heterocycles. The van der Waals surface area contributed by atoms with Crippen LogP contribution in [0.4, 0.5) is 11.4 Å². The molecule has 1 fully saturated rings. The monoisotopic (exact) mass is 349 g/mol.